The molecule has 0 saturated heterocycles. The Morgan fingerprint density at radius 1 is 1.00 bits per heavy atom. The van der Waals surface area contributed by atoms with Gasteiger partial charge in [-0.3, -0.25) is 5.43 Å². The number of anilines is 1. The van der Waals surface area contributed by atoms with E-state index in [1.807, 2.05) is 36.4 Å². The van der Waals surface area contributed by atoms with Crippen LogP contribution in [0.15, 0.2) is 88.4 Å². The van der Waals surface area contributed by atoms with Crippen molar-refractivity contribution in [1.82, 2.24) is 5.43 Å². The lowest BCUT2D eigenvalue weighted by molar-refractivity contribution is 0.0734. The van der Waals surface area contributed by atoms with E-state index < -0.39 is 5.97 Å². The molecule has 0 aromatic heterocycles. The number of halogens is 1. The van der Waals surface area contributed by atoms with Gasteiger partial charge < -0.3 is 10.1 Å². The fraction of sp³-hybridized carbons (Fsp3) is 0. The highest BCUT2D eigenvalue weighted by Crippen LogP contribution is 2.16. The predicted octanol–water partition coefficient (Wildman–Crippen LogP) is 4.99. The van der Waals surface area contributed by atoms with Gasteiger partial charge in [-0.2, -0.15) is 5.10 Å². The maximum Gasteiger partial charge on any atom is 0.343 e. The molecule has 0 spiro atoms. The number of nitrogens with one attached hydrogen (secondary N) is 2. The number of para-hydroxylation sites is 1. The van der Waals surface area contributed by atoms with Crippen LogP contribution in [0.3, 0.4) is 0 Å². The van der Waals surface area contributed by atoms with Crippen LogP contribution in [0.1, 0.15) is 15.9 Å². The Labute approximate surface area is 176 Å². The minimum Gasteiger partial charge on any atom is -0.423 e. The van der Waals surface area contributed by atoms with Crippen LogP contribution in [0, 0.1) is 0 Å². The monoisotopic (exact) mass is 453 g/mol. The number of hydrazone groups is 1. The topological polar surface area (TPSA) is 62.7 Å². The second-order valence-corrected chi connectivity index (χ2v) is 6.98. The zero-order valence-electron chi connectivity index (χ0n) is 14.6. The molecular weight excluding hydrogens is 438 g/mol. The molecule has 28 heavy (non-hydrogen) atoms. The minimum atomic E-state index is -0.415. The van der Waals surface area contributed by atoms with E-state index >= 15 is 0 Å². The van der Waals surface area contributed by atoms with Crippen LogP contribution >= 0.6 is 28.1 Å². The molecule has 5 nitrogen and oxygen atoms in total. The average molecular weight is 454 g/mol. The largest absolute Gasteiger partial charge is 0.423 e. The van der Waals surface area contributed by atoms with Crippen molar-refractivity contribution in [1.29, 1.82) is 0 Å². The number of benzene rings is 3. The maximum atomic E-state index is 12.1. The molecule has 2 N–H and O–H groups in total. The van der Waals surface area contributed by atoms with Crippen molar-refractivity contribution in [3.8, 4) is 5.75 Å². The molecule has 0 aliphatic rings. The highest BCUT2D eigenvalue weighted by Gasteiger charge is 2.08. The molecule has 7 heteroatoms. The van der Waals surface area contributed by atoms with Gasteiger partial charge in [0.1, 0.15) is 5.75 Å². The van der Waals surface area contributed by atoms with Gasteiger partial charge in [0, 0.05) is 10.2 Å². The minimum absolute atomic E-state index is 0.391. The summed E-state index contributed by atoms with van der Waals surface area (Å²) in [5.41, 5.74) is 4.94. The van der Waals surface area contributed by atoms with Crippen LogP contribution in [0.4, 0.5) is 5.69 Å². The van der Waals surface area contributed by atoms with Crippen molar-refractivity contribution in [3.63, 3.8) is 0 Å². The van der Waals surface area contributed by atoms with Crippen molar-refractivity contribution in [2.75, 3.05) is 5.32 Å². The SMILES string of the molecule is O=C(Oc1ccc(C=NNC(=S)Nc2ccccc2)cc1)c1cccc(Br)c1. The zero-order chi connectivity index (χ0) is 19.8. The molecule has 0 bridgehead atoms. The molecule has 0 atom stereocenters. The van der Waals surface area contributed by atoms with Crippen molar-refractivity contribution in [2.45, 2.75) is 0 Å². The average Bonchev–Trinajstić information content (AvgIpc) is 2.70. The standard InChI is InChI=1S/C21H16BrN3O2S/c22-17-6-4-5-16(13-17)20(26)27-19-11-9-15(10-12-19)14-23-25-21(28)24-18-7-2-1-3-8-18/h1-14H,(H2,24,25,28). The summed E-state index contributed by atoms with van der Waals surface area (Å²) in [6.45, 7) is 0. The van der Waals surface area contributed by atoms with Gasteiger partial charge in [-0.25, -0.2) is 4.79 Å². The normalized spacial score (nSPS) is 10.5. The van der Waals surface area contributed by atoms with Crippen molar-refractivity contribution in [3.05, 3.63) is 94.5 Å². The lowest BCUT2D eigenvalue weighted by Crippen LogP contribution is -2.23. The number of hydrogen-bond acceptors (Lipinski definition) is 4. The van der Waals surface area contributed by atoms with Gasteiger partial charge in [0.15, 0.2) is 5.11 Å². The smallest absolute Gasteiger partial charge is 0.343 e. The Morgan fingerprint density at radius 3 is 2.46 bits per heavy atom. The second kappa shape index (κ2) is 9.77. The second-order valence-electron chi connectivity index (χ2n) is 5.66. The first kappa shape index (κ1) is 19.7. The lowest BCUT2D eigenvalue weighted by atomic mass is 10.2. The van der Waals surface area contributed by atoms with E-state index in [0.717, 1.165) is 15.7 Å². The zero-order valence-corrected chi connectivity index (χ0v) is 17.0. The van der Waals surface area contributed by atoms with E-state index in [9.17, 15) is 4.79 Å². The van der Waals surface area contributed by atoms with Gasteiger partial charge in [0.2, 0.25) is 0 Å². The fourth-order valence-electron chi connectivity index (χ4n) is 2.25. The summed E-state index contributed by atoms with van der Waals surface area (Å²) in [7, 11) is 0. The number of nitrogens with zero attached hydrogens (tertiary/aromatic N) is 1. The van der Waals surface area contributed by atoms with Crippen LogP contribution in [0.2, 0.25) is 0 Å². The molecular formula is C21H16BrN3O2S. The van der Waals surface area contributed by atoms with Gasteiger partial charge in [-0.05, 0) is 72.4 Å². The Balaban J connectivity index is 1.52. The molecule has 0 heterocycles. The molecule has 0 fully saturated rings. The van der Waals surface area contributed by atoms with Crippen LogP contribution < -0.4 is 15.5 Å². The first-order chi connectivity index (χ1) is 13.6. The Bertz CT molecular complexity index is 992. The molecule has 0 unspecified atom stereocenters. The summed E-state index contributed by atoms with van der Waals surface area (Å²) in [5.74, 6) is 0.0399. The molecule has 3 rings (SSSR count). The number of hydrogen-bond donors (Lipinski definition) is 2. The van der Waals surface area contributed by atoms with Crippen molar-refractivity contribution < 1.29 is 9.53 Å². The number of thiocarbonyl (C=S) groups is 1. The summed E-state index contributed by atoms with van der Waals surface area (Å²) < 4.78 is 6.19. The van der Waals surface area contributed by atoms with Crippen molar-refractivity contribution in [2.24, 2.45) is 5.10 Å². The lowest BCUT2D eigenvalue weighted by Gasteiger charge is -2.06. The highest BCUT2D eigenvalue weighted by molar-refractivity contribution is 9.10. The van der Waals surface area contributed by atoms with E-state index in [-0.39, 0.29) is 0 Å². The molecule has 140 valence electrons. The third-order valence-corrected chi connectivity index (χ3v) is 4.25. The molecule has 3 aromatic carbocycles. The third kappa shape index (κ3) is 6.00. The molecule has 0 amide bonds. The summed E-state index contributed by atoms with van der Waals surface area (Å²) in [4.78, 5) is 12.1. The molecule has 0 saturated carbocycles. The number of esters is 1. The summed E-state index contributed by atoms with van der Waals surface area (Å²) in [6, 6.07) is 23.6. The Hall–Kier alpha value is -3.03. The van der Waals surface area contributed by atoms with Gasteiger partial charge in [0.05, 0.1) is 11.8 Å². The van der Waals surface area contributed by atoms with Gasteiger partial charge >= 0.3 is 5.97 Å². The van der Waals surface area contributed by atoms with Gasteiger partial charge in [0.25, 0.3) is 0 Å². The van der Waals surface area contributed by atoms with Crippen LogP contribution in [0.25, 0.3) is 0 Å². The van der Waals surface area contributed by atoms with E-state index in [2.05, 4.69) is 31.8 Å². The van der Waals surface area contributed by atoms with E-state index in [1.54, 1.807) is 48.7 Å². The quantitative estimate of drug-likeness (QED) is 0.187. The number of carbonyl (C=O) groups excluding carboxylic acids is 1. The summed E-state index contributed by atoms with van der Waals surface area (Å²) >= 11 is 8.51. The van der Waals surface area contributed by atoms with Gasteiger partial charge in [-0.1, -0.05) is 40.2 Å². The molecule has 0 aliphatic heterocycles. The van der Waals surface area contributed by atoms with E-state index in [0.29, 0.717) is 16.4 Å². The summed E-state index contributed by atoms with van der Waals surface area (Å²) in [5, 5.41) is 7.51. The van der Waals surface area contributed by atoms with E-state index in [1.165, 1.54) is 0 Å². The number of carbonyl (C=O) groups is 1. The Kier molecular flexibility index (Phi) is 6.89. The Morgan fingerprint density at radius 2 is 1.75 bits per heavy atom. The van der Waals surface area contributed by atoms with Crippen LogP contribution in [-0.4, -0.2) is 17.3 Å². The first-order valence-corrected chi connectivity index (χ1v) is 9.53. The van der Waals surface area contributed by atoms with Crippen LogP contribution in [0.5, 0.6) is 5.75 Å². The third-order valence-electron chi connectivity index (χ3n) is 3.56. The number of ether oxygens (including phenoxy) is 1. The molecule has 3 aromatic rings. The number of rotatable bonds is 5. The fourth-order valence-corrected chi connectivity index (χ4v) is 2.82. The first-order valence-electron chi connectivity index (χ1n) is 8.33. The van der Waals surface area contributed by atoms with Gasteiger partial charge in [-0.15, -0.1) is 0 Å². The van der Waals surface area contributed by atoms with E-state index in [4.69, 9.17) is 17.0 Å². The highest BCUT2D eigenvalue weighted by atomic mass is 79.9. The molecule has 0 radical (unpaired) electrons. The van der Waals surface area contributed by atoms with Crippen molar-refractivity contribution >= 4 is 51.1 Å². The predicted molar refractivity (Wildman–Crippen MR) is 119 cm³/mol. The maximum absolute atomic E-state index is 12.1. The molecule has 0 aliphatic carbocycles. The summed E-state index contributed by atoms with van der Waals surface area (Å²) in [6.07, 6.45) is 1.62. The van der Waals surface area contributed by atoms with Crippen LogP contribution in [-0.2, 0) is 0 Å².